The van der Waals surface area contributed by atoms with E-state index in [4.69, 9.17) is 19.0 Å². The third kappa shape index (κ3) is 1.15. The lowest BCUT2D eigenvalue weighted by atomic mass is 9.73. The predicted octanol–water partition coefficient (Wildman–Crippen LogP) is 2.39. The summed E-state index contributed by atoms with van der Waals surface area (Å²) in [5.41, 5.74) is 2.57. The number of methoxy groups -OCH3 is 2. The van der Waals surface area contributed by atoms with Gasteiger partial charge in [0.25, 0.3) is 0 Å². The van der Waals surface area contributed by atoms with Crippen LogP contribution in [0.5, 0.6) is 11.5 Å². The van der Waals surface area contributed by atoms with Crippen LogP contribution in [0, 0.1) is 5.92 Å². The fraction of sp³-hybridized carbons (Fsp3) is 0.533. The van der Waals surface area contributed by atoms with Crippen molar-refractivity contribution in [3.8, 4) is 11.5 Å². The molecule has 0 radical (unpaired) electrons. The molecule has 3 heterocycles. The molecular formula is C15H17NO4. The summed E-state index contributed by atoms with van der Waals surface area (Å²) < 4.78 is 17.3. The standard InChI is InChI=1S/C15H17NO4/c1-7-10-13-11-8(17-3)5-6-9(18-4)12(11)15(2,19-13)14(10)20-16-7/h5-6,10,13-14H,1-4H3/t10-,13+,14-,15+/m1/s1. The van der Waals surface area contributed by atoms with Crippen molar-refractivity contribution in [1.29, 1.82) is 0 Å². The van der Waals surface area contributed by atoms with E-state index in [1.165, 1.54) is 0 Å². The Bertz CT molecular complexity index is 627. The van der Waals surface area contributed by atoms with Gasteiger partial charge in [-0.2, -0.15) is 0 Å². The molecule has 106 valence electrons. The zero-order chi connectivity index (χ0) is 14.1. The van der Waals surface area contributed by atoms with E-state index in [1.807, 2.05) is 26.0 Å². The monoisotopic (exact) mass is 275 g/mol. The lowest BCUT2D eigenvalue weighted by Gasteiger charge is -2.31. The normalized spacial score (nSPS) is 36.2. The largest absolute Gasteiger partial charge is 0.496 e. The number of nitrogens with zero attached hydrogens (tertiary/aromatic N) is 1. The molecule has 0 aromatic heterocycles. The van der Waals surface area contributed by atoms with Gasteiger partial charge in [-0.25, -0.2) is 0 Å². The first-order valence-corrected chi connectivity index (χ1v) is 6.75. The average Bonchev–Trinajstić information content (AvgIpc) is 3.07. The second-order valence-electron chi connectivity index (χ2n) is 5.69. The van der Waals surface area contributed by atoms with E-state index < -0.39 is 5.60 Å². The van der Waals surface area contributed by atoms with Crippen LogP contribution >= 0.6 is 0 Å². The molecule has 4 atom stereocenters. The number of ether oxygens (including phenoxy) is 3. The fourth-order valence-corrected chi connectivity index (χ4v) is 3.87. The number of hydrogen-bond acceptors (Lipinski definition) is 5. The van der Waals surface area contributed by atoms with Gasteiger partial charge < -0.3 is 19.0 Å². The molecule has 0 amide bonds. The highest BCUT2D eigenvalue weighted by Gasteiger charge is 2.66. The zero-order valence-electron chi connectivity index (χ0n) is 12.0. The van der Waals surface area contributed by atoms with E-state index in [9.17, 15) is 0 Å². The van der Waals surface area contributed by atoms with E-state index in [2.05, 4.69) is 5.16 Å². The predicted molar refractivity (Wildman–Crippen MR) is 72.2 cm³/mol. The highest BCUT2D eigenvalue weighted by Crippen LogP contribution is 2.64. The lowest BCUT2D eigenvalue weighted by Crippen LogP contribution is -2.38. The molecule has 0 spiro atoms. The van der Waals surface area contributed by atoms with Crippen LogP contribution in [0.2, 0.25) is 0 Å². The number of oxime groups is 1. The Morgan fingerprint density at radius 3 is 2.60 bits per heavy atom. The molecular weight excluding hydrogens is 258 g/mol. The summed E-state index contributed by atoms with van der Waals surface area (Å²) in [4.78, 5) is 5.62. The minimum absolute atomic E-state index is 0.0729. The molecule has 0 aliphatic carbocycles. The molecule has 1 saturated heterocycles. The van der Waals surface area contributed by atoms with Gasteiger partial charge in [-0.1, -0.05) is 5.16 Å². The maximum absolute atomic E-state index is 6.29. The highest BCUT2D eigenvalue weighted by atomic mass is 16.7. The minimum atomic E-state index is -0.536. The summed E-state index contributed by atoms with van der Waals surface area (Å²) >= 11 is 0. The molecule has 0 N–H and O–H groups in total. The van der Waals surface area contributed by atoms with Gasteiger partial charge in [-0.05, 0) is 26.0 Å². The zero-order valence-corrected chi connectivity index (χ0v) is 12.0. The van der Waals surface area contributed by atoms with E-state index in [0.717, 1.165) is 28.3 Å². The first kappa shape index (κ1) is 12.0. The molecule has 20 heavy (non-hydrogen) atoms. The summed E-state index contributed by atoms with van der Waals surface area (Å²) in [6.07, 6.45) is -0.155. The van der Waals surface area contributed by atoms with Crippen LogP contribution in [0.1, 0.15) is 31.1 Å². The molecule has 3 aliphatic heterocycles. The highest BCUT2D eigenvalue weighted by molar-refractivity contribution is 5.88. The maximum atomic E-state index is 6.29. The Kier molecular flexibility index (Phi) is 2.20. The van der Waals surface area contributed by atoms with Crippen molar-refractivity contribution in [2.75, 3.05) is 14.2 Å². The van der Waals surface area contributed by atoms with Crippen molar-refractivity contribution < 1.29 is 19.0 Å². The quantitative estimate of drug-likeness (QED) is 0.831. The van der Waals surface area contributed by atoms with Gasteiger partial charge in [0.2, 0.25) is 0 Å². The summed E-state index contributed by atoms with van der Waals surface area (Å²) in [6.45, 7) is 4.04. The van der Waals surface area contributed by atoms with Crippen molar-refractivity contribution in [3.05, 3.63) is 23.3 Å². The topological polar surface area (TPSA) is 49.3 Å². The Morgan fingerprint density at radius 2 is 1.90 bits per heavy atom. The maximum Gasteiger partial charge on any atom is 0.171 e. The van der Waals surface area contributed by atoms with E-state index >= 15 is 0 Å². The molecule has 1 aromatic rings. The molecule has 1 aromatic carbocycles. The van der Waals surface area contributed by atoms with E-state index in [1.54, 1.807) is 14.2 Å². The first-order valence-electron chi connectivity index (χ1n) is 6.75. The van der Waals surface area contributed by atoms with Crippen molar-refractivity contribution in [3.63, 3.8) is 0 Å². The van der Waals surface area contributed by atoms with Gasteiger partial charge in [0.15, 0.2) is 6.10 Å². The van der Waals surface area contributed by atoms with Crippen LogP contribution < -0.4 is 9.47 Å². The van der Waals surface area contributed by atoms with Gasteiger partial charge in [-0.15, -0.1) is 0 Å². The van der Waals surface area contributed by atoms with Crippen LogP contribution in [0.15, 0.2) is 17.3 Å². The summed E-state index contributed by atoms with van der Waals surface area (Å²) in [5, 5.41) is 4.16. The van der Waals surface area contributed by atoms with Crippen molar-refractivity contribution in [2.45, 2.75) is 31.7 Å². The molecule has 3 aliphatic rings. The summed E-state index contributed by atoms with van der Waals surface area (Å²) in [5.74, 6) is 1.82. The first-order chi connectivity index (χ1) is 9.61. The number of benzene rings is 1. The summed E-state index contributed by atoms with van der Waals surface area (Å²) in [7, 11) is 3.35. The Labute approximate surface area is 117 Å². The molecule has 4 rings (SSSR count). The lowest BCUT2D eigenvalue weighted by molar-refractivity contribution is -0.0801. The van der Waals surface area contributed by atoms with Crippen LogP contribution in [0.4, 0.5) is 0 Å². The third-order valence-corrected chi connectivity index (χ3v) is 4.75. The fourth-order valence-electron chi connectivity index (χ4n) is 3.87. The van der Waals surface area contributed by atoms with Crippen LogP contribution in [0.3, 0.4) is 0 Å². The van der Waals surface area contributed by atoms with Crippen LogP contribution in [0.25, 0.3) is 0 Å². The Morgan fingerprint density at radius 1 is 1.20 bits per heavy atom. The van der Waals surface area contributed by atoms with Crippen molar-refractivity contribution >= 4 is 5.71 Å². The second kappa shape index (κ2) is 3.67. The Hall–Kier alpha value is -1.75. The minimum Gasteiger partial charge on any atom is -0.496 e. The summed E-state index contributed by atoms with van der Waals surface area (Å²) in [6, 6.07) is 3.85. The van der Waals surface area contributed by atoms with Crippen molar-refractivity contribution in [1.82, 2.24) is 0 Å². The smallest absolute Gasteiger partial charge is 0.171 e. The van der Waals surface area contributed by atoms with Gasteiger partial charge in [-0.3, -0.25) is 0 Å². The van der Waals surface area contributed by atoms with Crippen LogP contribution in [-0.2, 0) is 15.2 Å². The molecule has 5 nitrogen and oxygen atoms in total. The van der Waals surface area contributed by atoms with E-state index in [0.29, 0.717) is 0 Å². The molecule has 1 fully saturated rings. The number of hydrogen-bond donors (Lipinski definition) is 0. The van der Waals surface area contributed by atoms with Gasteiger partial charge in [0.1, 0.15) is 17.1 Å². The number of rotatable bonds is 2. The Balaban J connectivity index is 1.98. The van der Waals surface area contributed by atoms with Crippen LogP contribution in [-0.4, -0.2) is 26.0 Å². The van der Waals surface area contributed by atoms with E-state index in [-0.39, 0.29) is 18.1 Å². The second-order valence-corrected chi connectivity index (χ2v) is 5.69. The SMILES string of the molecule is COc1ccc(OC)c2c1[C@H]1O[C@]2(C)[C@@H]2ON=C(C)[C@H]12. The molecule has 0 unspecified atom stereocenters. The average molecular weight is 275 g/mol. The molecule has 5 heteroatoms. The third-order valence-electron chi connectivity index (χ3n) is 4.75. The van der Waals surface area contributed by atoms with Crippen molar-refractivity contribution in [2.24, 2.45) is 11.1 Å². The van der Waals surface area contributed by atoms with Gasteiger partial charge >= 0.3 is 0 Å². The number of fused-ring (bicyclic) bond motifs is 8. The van der Waals surface area contributed by atoms with Gasteiger partial charge in [0.05, 0.1) is 32.0 Å². The molecule has 2 bridgehead atoms. The van der Waals surface area contributed by atoms with Gasteiger partial charge in [0, 0.05) is 11.1 Å². The molecule has 0 saturated carbocycles.